The molecule has 0 aromatic heterocycles. The quantitative estimate of drug-likeness (QED) is 0.0340. The molecule has 0 aromatic carbocycles. The molecule has 0 radical (unpaired) electrons. The number of primary amides is 1. The molecule has 0 heterocycles. The fraction of sp³-hybridized carbons (Fsp3) is 0.958. The molecule has 0 rings (SSSR count). The standard InChI is InChI=1S/C32H67NO6.C14H30O.CH3NO.CH2O2/c1-7-8-9-10-11-12-13-14-15-16-17-18-22-35-23-19-20-33-21-24-36-25-26-37-27-28-38-29-32(4,5)39-30-31(2,3)34-6;1-2-3-4-5-6-7-8-9-10-11-12-13-14-15;2*2-1-3/h33H,7-30H2,1-6H3;15H,2-14H2,1H3;1H,(H2,2,3);1H,(H,2,3). The number of nitrogens with two attached hydrogens (primary N) is 1. The van der Waals surface area contributed by atoms with E-state index in [4.69, 9.17) is 48.2 Å². The van der Waals surface area contributed by atoms with E-state index >= 15 is 0 Å². The van der Waals surface area contributed by atoms with E-state index in [1.165, 1.54) is 148 Å². The molecular formula is C48H102N2O10. The van der Waals surface area contributed by atoms with Gasteiger partial charge in [-0.3, -0.25) is 9.59 Å². The third-order valence-corrected chi connectivity index (χ3v) is 9.78. The highest BCUT2D eigenvalue weighted by Crippen LogP contribution is 2.16. The number of methoxy groups -OCH3 is 1. The summed E-state index contributed by atoms with van der Waals surface area (Å²) in [7, 11) is 1.70. The monoisotopic (exact) mass is 867 g/mol. The van der Waals surface area contributed by atoms with Crippen LogP contribution in [0.2, 0.25) is 0 Å². The van der Waals surface area contributed by atoms with Crippen LogP contribution in [-0.4, -0.2) is 121 Å². The molecule has 0 fully saturated rings. The van der Waals surface area contributed by atoms with Crippen molar-refractivity contribution in [1.29, 1.82) is 0 Å². The molecule has 0 spiro atoms. The molecule has 0 aliphatic carbocycles. The molecule has 364 valence electrons. The fourth-order valence-corrected chi connectivity index (χ4v) is 5.90. The molecule has 12 nitrogen and oxygen atoms in total. The first kappa shape index (κ1) is 65.2. The minimum atomic E-state index is -0.357. The Morgan fingerprint density at radius 3 is 1.25 bits per heavy atom. The molecule has 0 aromatic rings. The van der Waals surface area contributed by atoms with Gasteiger partial charge >= 0.3 is 0 Å². The van der Waals surface area contributed by atoms with Crippen LogP contribution in [0.25, 0.3) is 0 Å². The van der Waals surface area contributed by atoms with E-state index in [2.05, 4.69) is 24.9 Å². The van der Waals surface area contributed by atoms with Gasteiger partial charge in [0.2, 0.25) is 6.41 Å². The van der Waals surface area contributed by atoms with Crippen LogP contribution in [-0.2, 0) is 38.0 Å². The molecule has 1 amide bonds. The second-order valence-corrected chi connectivity index (χ2v) is 16.7. The molecule has 0 unspecified atom stereocenters. The summed E-state index contributed by atoms with van der Waals surface area (Å²) < 4.78 is 34.0. The minimum absolute atomic E-state index is 0.250. The number of carbonyl (C=O) groups is 2. The van der Waals surface area contributed by atoms with E-state index in [9.17, 15) is 0 Å². The Morgan fingerprint density at radius 1 is 0.483 bits per heavy atom. The number of aliphatic hydroxyl groups is 1. The summed E-state index contributed by atoms with van der Waals surface area (Å²) in [5.74, 6) is 0. The Labute approximate surface area is 370 Å². The van der Waals surface area contributed by atoms with Gasteiger partial charge < -0.3 is 49.7 Å². The average Bonchev–Trinajstić information content (AvgIpc) is 3.23. The third-order valence-electron chi connectivity index (χ3n) is 9.78. The zero-order valence-corrected chi connectivity index (χ0v) is 40.6. The highest BCUT2D eigenvalue weighted by Gasteiger charge is 2.24. The number of hydrogen-bond acceptors (Lipinski definition) is 10. The fourth-order valence-electron chi connectivity index (χ4n) is 5.90. The van der Waals surface area contributed by atoms with Gasteiger partial charge in [-0.25, -0.2) is 0 Å². The molecule has 0 aliphatic rings. The first-order valence-electron chi connectivity index (χ1n) is 24.1. The van der Waals surface area contributed by atoms with E-state index in [0.717, 1.165) is 39.1 Å². The van der Waals surface area contributed by atoms with E-state index in [-0.39, 0.29) is 24.1 Å². The molecule has 60 heavy (non-hydrogen) atoms. The van der Waals surface area contributed by atoms with Crippen molar-refractivity contribution in [3.63, 3.8) is 0 Å². The van der Waals surface area contributed by atoms with Gasteiger partial charge in [-0.1, -0.05) is 155 Å². The predicted molar refractivity (Wildman–Crippen MR) is 250 cm³/mol. The summed E-state index contributed by atoms with van der Waals surface area (Å²) in [4.78, 5) is 16.9. The Balaban J connectivity index is -0.000000613. The number of rotatable bonds is 44. The first-order valence-corrected chi connectivity index (χ1v) is 24.1. The average molecular weight is 867 g/mol. The van der Waals surface area contributed by atoms with E-state index in [0.29, 0.717) is 52.9 Å². The Kier molecular flexibility index (Phi) is 62.6. The molecule has 12 heteroatoms. The van der Waals surface area contributed by atoms with Crippen molar-refractivity contribution in [3.8, 4) is 0 Å². The number of unbranched alkanes of at least 4 members (excludes halogenated alkanes) is 22. The van der Waals surface area contributed by atoms with Crippen LogP contribution in [0.3, 0.4) is 0 Å². The number of amides is 1. The van der Waals surface area contributed by atoms with Crippen LogP contribution in [0, 0.1) is 0 Å². The number of carbonyl (C=O) groups excluding carboxylic acids is 1. The lowest BCUT2D eigenvalue weighted by atomic mass is 10.1. The molecular weight excluding hydrogens is 765 g/mol. The van der Waals surface area contributed by atoms with Crippen molar-refractivity contribution in [1.82, 2.24) is 5.32 Å². The van der Waals surface area contributed by atoms with Crippen LogP contribution < -0.4 is 11.1 Å². The van der Waals surface area contributed by atoms with Gasteiger partial charge in [-0.15, -0.1) is 0 Å². The molecule has 0 aliphatic heterocycles. The number of aliphatic hydroxyl groups excluding tert-OH is 1. The van der Waals surface area contributed by atoms with Gasteiger partial charge in [0.1, 0.15) is 0 Å². The molecule has 0 saturated heterocycles. The third kappa shape index (κ3) is 68.4. The van der Waals surface area contributed by atoms with E-state index in [1.54, 1.807) is 7.11 Å². The maximum absolute atomic E-state index is 8.61. The van der Waals surface area contributed by atoms with E-state index in [1.807, 2.05) is 27.7 Å². The smallest absolute Gasteiger partial charge is 0.290 e. The Hall–Kier alpha value is -1.38. The lowest BCUT2D eigenvalue weighted by Gasteiger charge is -2.31. The van der Waals surface area contributed by atoms with Gasteiger partial charge in [0.25, 0.3) is 6.47 Å². The van der Waals surface area contributed by atoms with Gasteiger partial charge in [0.15, 0.2) is 0 Å². The normalized spacial score (nSPS) is 11.2. The Bertz CT molecular complexity index is 759. The van der Waals surface area contributed by atoms with Gasteiger partial charge in [0, 0.05) is 33.5 Å². The van der Waals surface area contributed by atoms with Gasteiger partial charge in [-0.05, 0) is 53.5 Å². The lowest BCUT2D eigenvalue weighted by Crippen LogP contribution is -2.38. The first-order chi connectivity index (χ1) is 29.1. The van der Waals surface area contributed by atoms with Gasteiger partial charge in [0.05, 0.1) is 57.5 Å². The molecule has 0 saturated carbocycles. The maximum Gasteiger partial charge on any atom is 0.290 e. The molecule has 0 atom stereocenters. The van der Waals surface area contributed by atoms with Crippen molar-refractivity contribution in [2.24, 2.45) is 5.73 Å². The lowest BCUT2D eigenvalue weighted by molar-refractivity contribution is -0.132. The highest BCUT2D eigenvalue weighted by atomic mass is 16.6. The van der Waals surface area contributed by atoms with Crippen LogP contribution in [0.1, 0.15) is 202 Å². The zero-order chi connectivity index (χ0) is 45.5. The van der Waals surface area contributed by atoms with Crippen LogP contribution in [0.15, 0.2) is 0 Å². The minimum Gasteiger partial charge on any atom is -0.483 e. The topological polar surface area (TPSA) is 168 Å². The Morgan fingerprint density at radius 2 is 0.833 bits per heavy atom. The van der Waals surface area contributed by atoms with Crippen molar-refractivity contribution >= 4 is 12.9 Å². The van der Waals surface area contributed by atoms with Crippen molar-refractivity contribution in [2.45, 2.75) is 213 Å². The van der Waals surface area contributed by atoms with Crippen molar-refractivity contribution in [3.05, 3.63) is 0 Å². The molecule has 5 N–H and O–H groups in total. The molecule has 0 bridgehead atoms. The number of carboxylic acid groups (broad SMARTS) is 1. The summed E-state index contributed by atoms with van der Waals surface area (Å²) in [5, 5.41) is 18.9. The van der Waals surface area contributed by atoms with Crippen molar-refractivity contribution < 1.29 is 48.2 Å². The second-order valence-electron chi connectivity index (χ2n) is 16.7. The number of nitrogens with one attached hydrogen (secondary N) is 1. The van der Waals surface area contributed by atoms with Crippen LogP contribution in [0.5, 0.6) is 0 Å². The number of ether oxygens (including phenoxy) is 6. The summed E-state index contributed by atoms with van der Waals surface area (Å²) in [6, 6.07) is 0. The summed E-state index contributed by atoms with van der Waals surface area (Å²) in [6.07, 6.45) is 34.1. The maximum atomic E-state index is 8.61. The summed E-state index contributed by atoms with van der Waals surface area (Å²) in [6.45, 7) is 20.3. The predicted octanol–water partition coefficient (Wildman–Crippen LogP) is 10.4. The summed E-state index contributed by atoms with van der Waals surface area (Å²) >= 11 is 0. The van der Waals surface area contributed by atoms with Crippen LogP contribution in [0.4, 0.5) is 0 Å². The van der Waals surface area contributed by atoms with Crippen molar-refractivity contribution in [2.75, 3.05) is 86.3 Å². The van der Waals surface area contributed by atoms with Crippen LogP contribution >= 0.6 is 0 Å². The number of hydrogen-bond donors (Lipinski definition) is 4. The summed E-state index contributed by atoms with van der Waals surface area (Å²) in [5.41, 5.74) is 3.51. The SMILES string of the molecule is CCCCCCCCCCCCCCO.CCCCCCCCCCCCCCOCCCNCCOCCOCCOCC(C)(C)OCC(C)(C)OC.NC=O.O=CO. The largest absolute Gasteiger partial charge is 0.483 e. The highest BCUT2D eigenvalue weighted by molar-refractivity contribution is 5.42. The van der Waals surface area contributed by atoms with Gasteiger partial charge in [-0.2, -0.15) is 0 Å². The van der Waals surface area contributed by atoms with E-state index < -0.39 is 0 Å². The second kappa shape index (κ2) is 57.6. The zero-order valence-electron chi connectivity index (χ0n) is 40.6.